The molecule has 0 radical (unpaired) electrons. The monoisotopic (exact) mass is 610 g/mol. The summed E-state index contributed by atoms with van der Waals surface area (Å²) in [5.74, 6) is 0. The summed E-state index contributed by atoms with van der Waals surface area (Å²) in [7, 11) is 0. The molecule has 0 bridgehead atoms. The molecule has 2 aromatic heterocycles. The lowest BCUT2D eigenvalue weighted by atomic mass is 9.93. The number of hydrogen-bond donors (Lipinski definition) is 0. The molecule has 0 spiro atoms. The SMILES string of the molecule is N#Cc1cc(-c2ccc(-n3c4ccccc4c4ccccc43)cc2)ccc1-c1cccc(C#N)c1-n1c2ccccc2c2ccccc21. The van der Waals surface area contributed by atoms with E-state index in [1.54, 1.807) is 0 Å². The van der Waals surface area contributed by atoms with Crippen LogP contribution < -0.4 is 0 Å². The molecule has 4 heteroatoms. The highest BCUT2D eigenvalue weighted by Crippen LogP contribution is 2.40. The van der Waals surface area contributed by atoms with E-state index in [-0.39, 0.29) is 0 Å². The lowest BCUT2D eigenvalue weighted by Crippen LogP contribution is -2.01. The molecule has 0 saturated carbocycles. The lowest BCUT2D eigenvalue weighted by Gasteiger charge is -2.17. The molecule has 0 aliphatic rings. The van der Waals surface area contributed by atoms with Gasteiger partial charge in [-0.15, -0.1) is 0 Å². The normalized spacial score (nSPS) is 11.3. The van der Waals surface area contributed by atoms with Crippen LogP contribution in [-0.2, 0) is 0 Å². The predicted octanol–water partition coefficient (Wildman–Crippen LogP) is 11.0. The van der Waals surface area contributed by atoms with Gasteiger partial charge >= 0.3 is 0 Å². The van der Waals surface area contributed by atoms with E-state index in [0.29, 0.717) is 11.1 Å². The smallest absolute Gasteiger partial charge is 0.101 e. The van der Waals surface area contributed by atoms with Gasteiger partial charge < -0.3 is 9.13 Å². The largest absolute Gasteiger partial charge is 0.309 e. The molecule has 0 aliphatic carbocycles. The number of aromatic nitrogens is 2. The van der Waals surface area contributed by atoms with Gasteiger partial charge in [0.15, 0.2) is 0 Å². The van der Waals surface area contributed by atoms with Crippen LogP contribution >= 0.6 is 0 Å². The molecule has 4 nitrogen and oxygen atoms in total. The average molecular weight is 611 g/mol. The van der Waals surface area contributed by atoms with Crippen molar-refractivity contribution in [3.8, 4) is 45.8 Å². The fourth-order valence-corrected chi connectivity index (χ4v) is 7.31. The predicted molar refractivity (Wildman–Crippen MR) is 195 cm³/mol. The van der Waals surface area contributed by atoms with Gasteiger partial charge in [-0.2, -0.15) is 10.5 Å². The van der Waals surface area contributed by atoms with Crippen molar-refractivity contribution in [3.05, 3.63) is 169 Å². The van der Waals surface area contributed by atoms with Gasteiger partial charge in [0.05, 0.1) is 45.0 Å². The summed E-state index contributed by atoms with van der Waals surface area (Å²) in [6.45, 7) is 0. The molecule has 7 aromatic carbocycles. The van der Waals surface area contributed by atoms with Gasteiger partial charge in [0, 0.05) is 38.4 Å². The van der Waals surface area contributed by atoms with Crippen LogP contribution in [0.15, 0.2) is 158 Å². The molecule has 2 heterocycles. The quantitative estimate of drug-likeness (QED) is 0.199. The highest BCUT2D eigenvalue weighted by Gasteiger charge is 2.20. The third kappa shape index (κ3) is 4.07. The zero-order chi connectivity index (χ0) is 32.2. The van der Waals surface area contributed by atoms with E-state index in [2.05, 4.69) is 124 Å². The fourth-order valence-electron chi connectivity index (χ4n) is 7.31. The van der Waals surface area contributed by atoms with E-state index >= 15 is 0 Å². The second kappa shape index (κ2) is 10.9. The van der Waals surface area contributed by atoms with E-state index in [0.717, 1.165) is 55.4 Å². The summed E-state index contributed by atoms with van der Waals surface area (Å²) in [5, 5.41) is 25.5. The first-order chi connectivity index (χ1) is 23.7. The van der Waals surface area contributed by atoms with Crippen molar-refractivity contribution in [2.45, 2.75) is 0 Å². The summed E-state index contributed by atoms with van der Waals surface area (Å²) in [6.07, 6.45) is 0. The molecule has 9 aromatic rings. The van der Waals surface area contributed by atoms with Crippen LogP contribution in [-0.4, -0.2) is 9.13 Å². The highest BCUT2D eigenvalue weighted by molar-refractivity contribution is 6.10. The van der Waals surface area contributed by atoms with E-state index in [1.165, 1.54) is 21.8 Å². The molecule has 0 unspecified atom stereocenters. The second-order valence-corrected chi connectivity index (χ2v) is 12.0. The molecule has 0 aliphatic heterocycles. The number of para-hydroxylation sites is 5. The summed E-state index contributed by atoms with van der Waals surface area (Å²) < 4.78 is 4.47. The fraction of sp³-hybridized carbons (Fsp3) is 0. The van der Waals surface area contributed by atoms with Crippen molar-refractivity contribution in [3.63, 3.8) is 0 Å². The van der Waals surface area contributed by atoms with Gasteiger partial charge in [0.2, 0.25) is 0 Å². The third-order valence-electron chi connectivity index (χ3n) is 9.43. The Bertz CT molecular complexity index is 2690. The summed E-state index contributed by atoms with van der Waals surface area (Å²) in [4.78, 5) is 0. The zero-order valence-electron chi connectivity index (χ0n) is 25.8. The number of fused-ring (bicyclic) bond motifs is 6. The van der Waals surface area contributed by atoms with Crippen LogP contribution in [0.3, 0.4) is 0 Å². The Hall–Kier alpha value is -6.88. The van der Waals surface area contributed by atoms with Crippen molar-refractivity contribution in [2.24, 2.45) is 0 Å². The van der Waals surface area contributed by atoms with Crippen LogP contribution in [0.25, 0.3) is 77.2 Å². The summed E-state index contributed by atoms with van der Waals surface area (Å²) in [5.41, 5.74) is 10.9. The number of rotatable bonds is 4. The Morgan fingerprint density at radius 2 is 0.854 bits per heavy atom. The van der Waals surface area contributed by atoms with Crippen molar-refractivity contribution in [1.82, 2.24) is 9.13 Å². The molecule has 0 amide bonds. The van der Waals surface area contributed by atoms with E-state index in [1.807, 2.05) is 54.6 Å². The van der Waals surface area contributed by atoms with Crippen LogP contribution in [0.2, 0.25) is 0 Å². The van der Waals surface area contributed by atoms with Gasteiger partial charge in [-0.3, -0.25) is 0 Å². The maximum atomic E-state index is 10.5. The van der Waals surface area contributed by atoms with E-state index < -0.39 is 0 Å². The Labute approximate surface area is 277 Å². The highest BCUT2D eigenvalue weighted by atomic mass is 15.0. The number of nitrogens with zero attached hydrogens (tertiary/aromatic N) is 4. The molecular formula is C44H26N4. The topological polar surface area (TPSA) is 57.4 Å². The minimum Gasteiger partial charge on any atom is -0.309 e. The van der Waals surface area contributed by atoms with E-state index in [9.17, 15) is 10.5 Å². The molecule has 0 fully saturated rings. The van der Waals surface area contributed by atoms with Crippen molar-refractivity contribution in [2.75, 3.05) is 0 Å². The first-order valence-electron chi connectivity index (χ1n) is 15.9. The third-order valence-corrected chi connectivity index (χ3v) is 9.43. The van der Waals surface area contributed by atoms with Gasteiger partial charge in [-0.05, 0) is 59.7 Å². The van der Waals surface area contributed by atoms with Crippen LogP contribution in [0.4, 0.5) is 0 Å². The van der Waals surface area contributed by atoms with Gasteiger partial charge in [-0.25, -0.2) is 0 Å². The number of nitriles is 2. The molecule has 222 valence electrons. The van der Waals surface area contributed by atoms with Gasteiger partial charge in [-0.1, -0.05) is 109 Å². The maximum absolute atomic E-state index is 10.5. The van der Waals surface area contributed by atoms with Crippen LogP contribution in [0.1, 0.15) is 11.1 Å². The van der Waals surface area contributed by atoms with Crippen LogP contribution in [0.5, 0.6) is 0 Å². The molecule has 0 saturated heterocycles. The zero-order valence-corrected chi connectivity index (χ0v) is 25.8. The number of hydrogen-bond acceptors (Lipinski definition) is 2. The Morgan fingerprint density at radius 3 is 1.38 bits per heavy atom. The molecular weight excluding hydrogens is 585 g/mol. The van der Waals surface area contributed by atoms with Crippen molar-refractivity contribution < 1.29 is 0 Å². The minimum atomic E-state index is 0.549. The van der Waals surface area contributed by atoms with Gasteiger partial charge in [0.1, 0.15) is 6.07 Å². The maximum Gasteiger partial charge on any atom is 0.101 e. The second-order valence-electron chi connectivity index (χ2n) is 12.0. The summed E-state index contributed by atoms with van der Waals surface area (Å²) in [6, 6.07) is 58.8. The summed E-state index contributed by atoms with van der Waals surface area (Å²) >= 11 is 0. The Morgan fingerprint density at radius 1 is 0.375 bits per heavy atom. The lowest BCUT2D eigenvalue weighted by molar-refractivity contribution is 1.17. The molecule has 0 N–H and O–H groups in total. The first-order valence-corrected chi connectivity index (χ1v) is 15.9. The Kier molecular flexibility index (Phi) is 6.22. The molecule has 0 atom stereocenters. The van der Waals surface area contributed by atoms with E-state index in [4.69, 9.17) is 0 Å². The van der Waals surface area contributed by atoms with Crippen molar-refractivity contribution in [1.29, 1.82) is 10.5 Å². The van der Waals surface area contributed by atoms with Crippen LogP contribution in [0, 0.1) is 22.7 Å². The van der Waals surface area contributed by atoms with Crippen molar-refractivity contribution >= 4 is 43.6 Å². The standard InChI is InChI=1S/C44H26N4/c45-27-31-10-9-15-39(44(31)48-42-18-7-3-13-37(42)38-14-4-8-19-43(38)48)34-25-22-30(26-32(34)28-46)29-20-23-33(24-21-29)47-40-16-5-1-11-35(40)36-12-2-6-17-41(36)47/h1-26H. The first kappa shape index (κ1) is 27.4. The number of benzene rings is 7. The molecule has 9 rings (SSSR count). The Balaban J connectivity index is 1.17. The average Bonchev–Trinajstić information content (AvgIpc) is 3.67. The minimum absolute atomic E-state index is 0.549. The van der Waals surface area contributed by atoms with Gasteiger partial charge in [0.25, 0.3) is 0 Å². The molecule has 48 heavy (non-hydrogen) atoms.